The Labute approximate surface area is 198 Å². The van der Waals surface area contributed by atoms with E-state index in [-0.39, 0.29) is 17.1 Å². The molecular formula is C30H50O2. The van der Waals surface area contributed by atoms with Gasteiger partial charge in [-0.2, -0.15) is 0 Å². The van der Waals surface area contributed by atoms with Crippen LogP contribution in [0.2, 0.25) is 0 Å². The van der Waals surface area contributed by atoms with Crippen molar-refractivity contribution in [2.45, 2.75) is 131 Å². The molecule has 32 heavy (non-hydrogen) atoms. The van der Waals surface area contributed by atoms with Gasteiger partial charge in [0.15, 0.2) is 0 Å². The number of aliphatic hydroxyl groups excluding tert-OH is 1. The SMILES string of the molecule is CC(C)CCCC1(C)OCC23CCC4=C(CCC5C4(C)CCC(O)C5(C)C)C2(C)CCC13. The Kier molecular flexibility index (Phi) is 5.36. The Balaban J connectivity index is 1.48. The van der Waals surface area contributed by atoms with E-state index in [0.717, 1.165) is 24.9 Å². The summed E-state index contributed by atoms with van der Waals surface area (Å²) in [6.07, 6.45) is 13.8. The second-order valence-corrected chi connectivity index (χ2v) is 14.3. The van der Waals surface area contributed by atoms with E-state index in [0.29, 0.717) is 22.2 Å². The predicted molar refractivity (Wildman–Crippen MR) is 132 cm³/mol. The molecule has 1 saturated heterocycles. The van der Waals surface area contributed by atoms with Crippen LogP contribution in [0.4, 0.5) is 0 Å². The van der Waals surface area contributed by atoms with Gasteiger partial charge in [-0.25, -0.2) is 0 Å². The standard InChI is InChI=1S/C30H50O2/c1-20(2)9-8-15-29(7)24-13-17-28(6)22-10-11-23-26(3,4)25(31)14-16-27(23,5)21(22)12-18-30(24,28)19-32-29/h20,23-25,31H,8-19H2,1-7H3. The zero-order valence-corrected chi connectivity index (χ0v) is 22.2. The second-order valence-electron chi connectivity index (χ2n) is 14.3. The molecule has 3 fully saturated rings. The van der Waals surface area contributed by atoms with Crippen LogP contribution in [-0.4, -0.2) is 23.4 Å². The molecule has 0 amide bonds. The number of fused-ring (bicyclic) bond motifs is 3. The molecule has 1 N–H and O–H groups in total. The maximum Gasteiger partial charge on any atom is 0.0689 e. The largest absolute Gasteiger partial charge is 0.393 e. The molecular weight excluding hydrogens is 392 g/mol. The Hall–Kier alpha value is -0.340. The van der Waals surface area contributed by atoms with E-state index in [1.54, 1.807) is 0 Å². The highest BCUT2D eigenvalue weighted by Gasteiger charge is 2.70. The Bertz CT molecular complexity index is 795. The van der Waals surface area contributed by atoms with E-state index in [9.17, 15) is 5.11 Å². The first kappa shape index (κ1) is 23.4. The average molecular weight is 443 g/mol. The fourth-order valence-corrected chi connectivity index (χ4v) is 10.2. The number of allylic oxidation sites excluding steroid dienone is 2. The third kappa shape index (κ3) is 2.90. The number of ether oxygens (including phenoxy) is 1. The fraction of sp³-hybridized carbons (Fsp3) is 0.933. The molecule has 0 bridgehead atoms. The van der Waals surface area contributed by atoms with E-state index in [1.165, 1.54) is 64.2 Å². The lowest BCUT2D eigenvalue weighted by atomic mass is 9.43. The molecule has 4 aliphatic carbocycles. The van der Waals surface area contributed by atoms with Crippen LogP contribution >= 0.6 is 0 Å². The molecule has 2 heteroatoms. The van der Waals surface area contributed by atoms with Gasteiger partial charge in [-0.05, 0) is 98.7 Å². The number of hydrogen-bond donors (Lipinski definition) is 1. The Morgan fingerprint density at radius 2 is 1.66 bits per heavy atom. The lowest BCUT2D eigenvalue weighted by Crippen LogP contribution is -2.55. The van der Waals surface area contributed by atoms with Crippen LogP contribution in [0.25, 0.3) is 0 Å². The summed E-state index contributed by atoms with van der Waals surface area (Å²) in [7, 11) is 0. The predicted octanol–water partition coefficient (Wildman–Crippen LogP) is 7.69. The fourth-order valence-electron chi connectivity index (χ4n) is 10.2. The normalized spacial score (nSPS) is 49.6. The lowest BCUT2D eigenvalue weighted by molar-refractivity contribution is -0.0960. The second kappa shape index (κ2) is 7.33. The summed E-state index contributed by atoms with van der Waals surface area (Å²) in [5, 5.41) is 10.8. The molecule has 7 atom stereocenters. The number of hydrogen-bond acceptors (Lipinski definition) is 2. The highest BCUT2D eigenvalue weighted by Crippen LogP contribution is 2.75. The van der Waals surface area contributed by atoms with Gasteiger partial charge in [0, 0.05) is 5.41 Å². The van der Waals surface area contributed by atoms with Gasteiger partial charge in [0.05, 0.1) is 18.3 Å². The molecule has 5 rings (SSSR count). The molecule has 0 aromatic rings. The molecule has 7 unspecified atom stereocenters. The zero-order valence-electron chi connectivity index (χ0n) is 22.2. The maximum absolute atomic E-state index is 10.8. The molecule has 0 radical (unpaired) electrons. The van der Waals surface area contributed by atoms with Crippen molar-refractivity contribution in [1.29, 1.82) is 0 Å². The quantitative estimate of drug-likeness (QED) is 0.452. The van der Waals surface area contributed by atoms with Crippen LogP contribution in [0, 0.1) is 39.4 Å². The lowest BCUT2D eigenvalue weighted by Gasteiger charge is -2.61. The van der Waals surface area contributed by atoms with E-state index >= 15 is 0 Å². The van der Waals surface area contributed by atoms with E-state index in [1.807, 2.05) is 11.1 Å². The van der Waals surface area contributed by atoms with Gasteiger partial charge in [-0.15, -0.1) is 0 Å². The monoisotopic (exact) mass is 442 g/mol. The van der Waals surface area contributed by atoms with Crippen molar-refractivity contribution in [3.05, 3.63) is 11.1 Å². The molecule has 2 saturated carbocycles. The van der Waals surface area contributed by atoms with Gasteiger partial charge < -0.3 is 9.84 Å². The first-order chi connectivity index (χ1) is 14.9. The summed E-state index contributed by atoms with van der Waals surface area (Å²) in [6.45, 7) is 18.1. The average Bonchev–Trinajstić information content (AvgIpc) is 3.18. The third-order valence-corrected chi connectivity index (χ3v) is 12.2. The Morgan fingerprint density at radius 3 is 2.38 bits per heavy atom. The maximum atomic E-state index is 10.8. The van der Waals surface area contributed by atoms with Crippen molar-refractivity contribution in [2.75, 3.05) is 6.61 Å². The highest BCUT2D eigenvalue weighted by atomic mass is 16.5. The van der Waals surface area contributed by atoms with Crippen LogP contribution in [0.1, 0.15) is 119 Å². The molecule has 0 aromatic heterocycles. The topological polar surface area (TPSA) is 29.5 Å². The first-order valence-electron chi connectivity index (χ1n) is 14.0. The van der Waals surface area contributed by atoms with E-state index in [2.05, 4.69) is 48.5 Å². The van der Waals surface area contributed by atoms with Gasteiger partial charge in [-0.1, -0.05) is 65.5 Å². The summed E-state index contributed by atoms with van der Waals surface area (Å²) in [5.74, 6) is 2.14. The molecule has 0 aromatic carbocycles. The minimum Gasteiger partial charge on any atom is -0.393 e. The summed E-state index contributed by atoms with van der Waals surface area (Å²) in [6, 6.07) is 0. The van der Waals surface area contributed by atoms with Gasteiger partial charge in [-0.3, -0.25) is 0 Å². The van der Waals surface area contributed by atoms with Gasteiger partial charge in [0.1, 0.15) is 0 Å². The molecule has 1 aliphatic heterocycles. The smallest absolute Gasteiger partial charge is 0.0689 e. The molecule has 1 heterocycles. The third-order valence-electron chi connectivity index (χ3n) is 12.2. The van der Waals surface area contributed by atoms with E-state index < -0.39 is 0 Å². The first-order valence-corrected chi connectivity index (χ1v) is 14.0. The molecule has 5 aliphatic rings. The van der Waals surface area contributed by atoms with Crippen molar-refractivity contribution in [3.8, 4) is 0 Å². The summed E-state index contributed by atoms with van der Waals surface area (Å²) in [5.41, 5.74) is 4.79. The Morgan fingerprint density at radius 1 is 0.906 bits per heavy atom. The van der Waals surface area contributed by atoms with Crippen LogP contribution < -0.4 is 0 Å². The van der Waals surface area contributed by atoms with Crippen molar-refractivity contribution in [1.82, 2.24) is 0 Å². The van der Waals surface area contributed by atoms with Crippen molar-refractivity contribution in [2.24, 2.45) is 39.4 Å². The molecule has 2 nitrogen and oxygen atoms in total. The van der Waals surface area contributed by atoms with Crippen molar-refractivity contribution < 1.29 is 9.84 Å². The van der Waals surface area contributed by atoms with Crippen LogP contribution in [-0.2, 0) is 4.74 Å². The van der Waals surface area contributed by atoms with Gasteiger partial charge in [0.25, 0.3) is 0 Å². The van der Waals surface area contributed by atoms with Crippen molar-refractivity contribution >= 4 is 0 Å². The van der Waals surface area contributed by atoms with Crippen molar-refractivity contribution in [3.63, 3.8) is 0 Å². The van der Waals surface area contributed by atoms with Gasteiger partial charge in [0.2, 0.25) is 0 Å². The highest BCUT2D eigenvalue weighted by molar-refractivity contribution is 5.40. The van der Waals surface area contributed by atoms with Crippen LogP contribution in [0.3, 0.4) is 0 Å². The van der Waals surface area contributed by atoms with Gasteiger partial charge >= 0.3 is 0 Å². The summed E-state index contributed by atoms with van der Waals surface area (Å²) >= 11 is 0. The zero-order chi connectivity index (χ0) is 23.2. The summed E-state index contributed by atoms with van der Waals surface area (Å²) in [4.78, 5) is 0. The number of rotatable bonds is 4. The minimum atomic E-state index is -0.140. The summed E-state index contributed by atoms with van der Waals surface area (Å²) < 4.78 is 6.82. The van der Waals surface area contributed by atoms with Crippen LogP contribution in [0.15, 0.2) is 11.1 Å². The minimum absolute atomic E-state index is 0.0330. The molecule has 182 valence electrons. The number of aliphatic hydroxyl groups is 1. The van der Waals surface area contributed by atoms with E-state index in [4.69, 9.17) is 4.74 Å². The molecule has 1 spiro atoms. The van der Waals surface area contributed by atoms with Crippen LogP contribution in [0.5, 0.6) is 0 Å².